The van der Waals surface area contributed by atoms with E-state index in [0.717, 1.165) is 5.52 Å². The molecule has 4 aromatic carbocycles. The van der Waals surface area contributed by atoms with E-state index in [1.807, 2.05) is 16.8 Å². The maximum Gasteiger partial charge on any atom is 0.0813 e. The number of benzene rings is 4. The summed E-state index contributed by atoms with van der Waals surface area (Å²) in [5.74, 6) is 0. The van der Waals surface area contributed by atoms with Crippen molar-refractivity contribution in [1.29, 1.82) is 0 Å². The number of hydrogen-bond donors (Lipinski definition) is 0. The summed E-state index contributed by atoms with van der Waals surface area (Å²) < 4.78 is 6.29. The lowest BCUT2D eigenvalue weighted by Crippen LogP contribution is -1.93. The van der Waals surface area contributed by atoms with Crippen LogP contribution in [0.25, 0.3) is 57.9 Å². The number of rotatable bonds is 1. The second-order valence-corrected chi connectivity index (χ2v) is 9.29. The first-order chi connectivity index (χ1) is 14.4. The molecule has 0 fully saturated rings. The quantitative estimate of drug-likeness (QED) is 0.272. The molecule has 2 nitrogen and oxygen atoms in total. The van der Waals surface area contributed by atoms with Gasteiger partial charge in [-0.2, -0.15) is 0 Å². The summed E-state index contributed by atoms with van der Waals surface area (Å²) in [5.41, 5.74) is 6.67. The second kappa shape index (κ2) is 5.66. The van der Waals surface area contributed by atoms with Gasteiger partial charge < -0.3 is 4.57 Å². The molecule has 0 saturated heterocycles. The Morgan fingerprint density at radius 3 is 2.45 bits per heavy atom. The predicted octanol–water partition coefficient (Wildman–Crippen LogP) is 7.76. The summed E-state index contributed by atoms with van der Waals surface area (Å²) in [6, 6.07) is 28.7. The van der Waals surface area contributed by atoms with E-state index in [0.29, 0.717) is 0 Å². The van der Waals surface area contributed by atoms with Crippen LogP contribution < -0.4 is 0 Å². The summed E-state index contributed by atoms with van der Waals surface area (Å²) in [6.45, 7) is 0. The molecular formula is C25H14N2S2. The highest BCUT2D eigenvalue weighted by molar-refractivity contribution is 7.25. The maximum atomic E-state index is 4.44. The number of aromatic nitrogens is 2. The Bertz CT molecular complexity index is 1720. The number of nitrogens with zero attached hydrogens (tertiary/aromatic N) is 2. The van der Waals surface area contributed by atoms with Crippen LogP contribution in [0.4, 0.5) is 0 Å². The van der Waals surface area contributed by atoms with Crippen LogP contribution in [-0.4, -0.2) is 9.55 Å². The molecule has 0 radical (unpaired) electrons. The van der Waals surface area contributed by atoms with Crippen molar-refractivity contribution < 1.29 is 0 Å². The number of thiazole rings is 1. The molecule has 0 N–H and O–H groups in total. The van der Waals surface area contributed by atoms with E-state index < -0.39 is 0 Å². The van der Waals surface area contributed by atoms with Gasteiger partial charge >= 0.3 is 0 Å². The van der Waals surface area contributed by atoms with Crippen molar-refractivity contribution in [3.63, 3.8) is 0 Å². The highest BCUT2D eigenvalue weighted by Crippen LogP contribution is 2.40. The molecule has 0 aliphatic heterocycles. The van der Waals surface area contributed by atoms with Crippen molar-refractivity contribution in [1.82, 2.24) is 9.55 Å². The fourth-order valence-corrected chi connectivity index (χ4v) is 6.28. The van der Waals surface area contributed by atoms with Gasteiger partial charge in [-0.05, 0) is 42.5 Å². The third-order valence-corrected chi connectivity index (χ3v) is 7.67. The molecular weight excluding hydrogens is 392 g/mol. The van der Waals surface area contributed by atoms with E-state index in [1.165, 1.54) is 52.4 Å². The van der Waals surface area contributed by atoms with Gasteiger partial charge in [0.15, 0.2) is 0 Å². The first-order valence-electron chi connectivity index (χ1n) is 9.55. The average Bonchev–Trinajstić information content (AvgIpc) is 3.45. The predicted molar refractivity (Wildman–Crippen MR) is 127 cm³/mol. The van der Waals surface area contributed by atoms with Crippen LogP contribution in [0, 0.1) is 0 Å². The third kappa shape index (κ3) is 2.13. The number of para-hydroxylation sites is 1. The van der Waals surface area contributed by atoms with Crippen LogP contribution in [0.5, 0.6) is 0 Å². The molecule has 136 valence electrons. The Morgan fingerprint density at radius 1 is 0.621 bits per heavy atom. The Kier molecular flexibility index (Phi) is 3.06. The molecule has 0 aliphatic carbocycles. The molecule has 0 atom stereocenters. The molecule has 0 saturated carbocycles. The van der Waals surface area contributed by atoms with Crippen LogP contribution in [0.15, 0.2) is 84.4 Å². The van der Waals surface area contributed by atoms with Gasteiger partial charge in [-0.1, -0.05) is 36.4 Å². The first kappa shape index (κ1) is 15.7. The summed E-state index contributed by atoms with van der Waals surface area (Å²) >= 11 is 3.57. The lowest BCUT2D eigenvalue weighted by atomic mass is 10.1. The largest absolute Gasteiger partial charge is 0.309 e. The Hall–Kier alpha value is -3.21. The summed E-state index contributed by atoms with van der Waals surface area (Å²) in [5, 5.41) is 5.29. The SMILES string of the molecule is c1ccc2c(c1)sc1cc3c(cc12)c1ccccc1n3-c1ccc2ncsc2c1. The molecule has 0 bridgehead atoms. The van der Waals surface area contributed by atoms with Gasteiger partial charge in [0.1, 0.15) is 0 Å². The maximum absolute atomic E-state index is 4.44. The van der Waals surface area contributed by atoms with Crippen LogP contribution in [0.3, 0.4) is 0 Å². The zero-order valence-corrected chi connectivity index (χ0v) is 16.9. The van der Waals surface area contributed by atoms with Crippen molar-refractivity contribution in [2.75, 3.05) is 0 Å². The van der Waals surface area contributed by atoms with Crippen molar-refractivity contribution in [2.24, 2.45) is 0 Å². The van der Waals surface area contributed by atoms with Crippen LogP contribution in [-0.2, 0) is 0 Å². The van der Waals surface area contributed by atoms with E-state index in [1.54, 1.807) is 11.3 Å². The zero-order valence-electron chi connectivity index (χ0n) is 15.3. The normalized spacial score (nSPS) is 12.1. The number of fused-ring (bicyclic) bond motifs is 7. The van der Waals surface area contributed by atoms with Crippen LogP contribution in [0.2, 0.25) is 0 Å². The van der Waals surface area contributed by atoms with Gasteiger partial charge in [-0.25, -0.2) is 4.98 Å². The average molecular weight is 407 g/mol. The molecule has 0 unspecified atom stereocenters. The van der Waals surface area contributed by atoms with Crippen LogP contribution >= 0.6 is 22.7 Å². The minimum Gasteiger partial charge on any atom is -0.309 e. The molecule has 0 spiro atoms. The smallest absolute Gasteiger partial charge is 0.0813 e. The number of thiophene rings is 1. The van der Waals surface area contributed by atoms with Gasteiger partial charge in [0.25, 0.3) is 0 Å². The first-order valence-corrected chi connectivity index (χ1v) is 11.2. The molecule has 0 amide bonds. The molecule has 0 aliphatic rings. The Balaban J connectivity index is 1.67. The summed E-state index contributed by atoms with van der Waals surface area (Å²) in [7, 11) is 0. The molecule has 7 aromatic rings. The fourth-order valence-electron chi connectivity index (χ4n) is 4.45. The summed E-state index contributed by atoms with van der Waals surface area (Å²) in [6.07, 6.45) is 0. The highest BCUT2D eigenvalue weighted by atomic mass is 32.1. The van der Waals surface area contributed by atoms with Crippen molar-refractivity contribution >= 4 is 74.9 Å². The lowest BCUT2D eigenvalue weighted by molar-refractivity contribution is 1.19. The minimum absolute atomic E-state index is 1.06. The standard InChI is InChI=1S/C25H14N2S2/c1-3-7-21-16(5-1)18-12-19-17-6-2-4-8-23(17)29-24(19)13-22(18)27(21)15-9-10-20-25(11-15)28-14-26-20/h1-14H. The van der Waals surface area contributed by atoms with E-state index in [4.69, 9.17) is 0 Å². The van der Waals surface area contributed by atoms with Gasteiger partial charge in [0.2, 0.25) is 0 Å². The van der Waals surface area contributed by atoms with Crippen molar-refractivity contribution in [3.8, 4) is 5.69 Å². The van der Waals surface area contributed by atoms with Gasteiger partial charge in [-0.3, -0.25) is 0 Å². The molecule has 3 heterocycles. The third-order valence-electron chi connectivity index (χ3n) is 5.74. The van der Waals surface area contributed by atoms with Gasteiger partial charge in [-0.15, -0.1) is 22.7 Å². The molecule has 29 heavy (non-hydrogen) atoms. The van der Waals surface area contributed by atoms with E-state index in [9.17, 15) is 0 Å². The minimum atomic E-state index is 1.06. The van der Waals surface area contributed by atoms with Crippen molar-refractivity contribution in [3.05, 3.63) is 84.4 Å². The fraction of sp³-hybridized carbons (Fsp3) is 0. The topological polar surface area (TPSA) is 17.8 Å². The van der Waals surface area contributed by atoms with E-state index in [2.05, 4.69) is 88.4 Å². The van der Waals surface area contributed by atoms with Gasteiger partial charge in [0.05, 0.1) is 26.8 Å². The van der Waals surface area contributed by atoms with Gasteiger partial charge in [0, 0.05) is 36.6 Å². The number of hydrogen-bond acceptors (Lipinski definition) is 3. The Morgan fingerprint density at radius 2 is 1.48 bits per heavy atom. The molecule has 4 heteroatoms. The van der Waals surface area contributed by atoms with E-state index in [-0.39, 0.29) is 0 Å². The van der Waals surface area contributed by atoms with Crippen LogP contribution in [0.1, 0.15) is 0 Å². The zero-order chi connectivity index (χ0) is 18.9. The molecule has 7 rings (SSSR count). The van der Waals surface area contributed by atoms with Crippen molar-refractivity contribution in [2.45, 2.75) is 0 Å². The highest BCUT2D eigenvalue weighted by Gasteiger charge is 2.15. The monoisotopic (exact) mass is 406 g/mol. The summed E-state index contributed by atoms with van der Waals surface area (Å²) in [4.78, 5) is 4.44. The Labute approximate surface area is 174 Å². The molecule has 3 aromatic heterocycles. The lowest BCUT2D eigenvalue weighted by Gasteiger charge is -2.08. The second-order valence-electron chi connectivity index (χ2n) is 7.32. The van der Waals surface area contributed by atoms with E-state index >= 15 is 0 Å².